The maximum absolute atomic E-state index is 12.8. The second-order valence-electron chi connectivity index (χ2n) is 8.81. The van der Waals surface area contributed by atoms with Gasteiger partial charge in [0.05, 0.1) is 29.4 Å². The molecule has 34 heavy (non-hydrogen) atoms. The molecule has 2 amide bonds. The Bertz CT molecular complexity index is 1440. The first-order valence-electron chi connectivity index (χ1n) is 11.1. The van der Waals surface area contributed by atoms with Crippen molar-refractivity contribution >= 4 is 34.5 Å². The van der Waals surface area contributed by atoms with Crippen LogP contribution in [-0.4, -0.2) is 28.7 Å². The van der Waals surface area contributed by atoms with Gasteiger partial charge in [-0.1, -0.05) is 24.3 Å². The first-order chi connectivity index (χ1) is 16.3. The van der Waals surface area contributed by atoms with Crippen LogP contribution in [0.2, 0.25) is 0 Å². The standard InChI is InChI=1S/C27H26N4O3/c1-16-7-5-6-8-18(16)25-29-20-10-9-17(15-22(20)30-25)28-26(32)31-21-11-12-23-19(24(21)33-4)13-14-27(2,3)34-23/h5-15H,1-4H3,(H,29,30)(H2,28,31,32). The van der Waals surface area contributed by atoms with Gasteiger partial charge in [0.15, 0.2) is 5.75 Å². The number of hydrogen-bond acceptors (Lipinski definition) is 4. The fourth-order valence-corrected chi connectivity index (χ4v) is 4.08. The molecule has 0 atom stereocenters. The van der Waals surface area contributed by atoms with Gasteiger partial charge in [0.25, 0.3) is 0 Å². The molecule has 7 heteroatoms. The number of H-pyrrole nitrogens is 1. The number of methoxy groups -OCH3 is 1. The summed E-state index contributed by atoms with van der Waals surface area (Å²) < 4.78 is 11.6. The summed E-state index contributed by atoms with van der Waals surface area (Å²) in [6.07, 6.45) is 3.92. The number of hydrogen-bond donors (Lipinski definition) is 3. The molecule has 0 spiro atoms. The highest BCUT2D eigenvalue weighted by atomic mass is 16.5. The molecule has 0 aliphatic carbocycles. The number of imidazole rings is 1. The number of fused-ring (bicyclic) bond motifs is 2. The van der Waals surface area contributed by atoms with Crippen molar-refractivity contribution in [3.05, 3.63) is 71.8 Å². The number of aromatic amines is 1. The number of carbonyl (C=O) groups excluding carboxylic acids is 1. The van der Waals surface area contributed by atoms with Gasteiger partial charge in [-0.05, 0) is 68.8 Å². The zero-order valence-corrected chi connectivity index (χ0v) is 19.5. The third-order valence-corrected chi connectivity index (χ3v) is 5.77. The van der Waals surface area contributed by atoms with Gasteiger partial charge in [-0.15, -0.1) is 0 Å². The lowest BCUT2D eigenvalue weighted by atomic mass is 10.0. The van der Waals surface area contributed by atoms with E-state index in [1.807, 2.05) is 68.5 Å². The van der Waals surface area contributed by atoms with E-state index in [1.54, 1.807) is 13.2 Å². The van der Waals surface area contributed by atoms with E-state index in [9.17, 15) is 4.79 Å². The first kappa shape index (κ1) is 21.6. The predicted octanol–water partition coefficient (Wildman–Crippen LogP) is 6.38. The third-order valence-electron chi connectivity index (χ3n) is 5.77. The number of nitrogens with zero attached hydrogens (tertiary/aromatic N) is 1. The number of benzene rings is 3. The Morgan fingerprint density at radius 3 is 2.71 bits per heavy atom. The number of nitrogens with one attached hydrogen (secondary N) is 3. The van der Waals surface area contributed by atoms with Crippen molar-refractivity contribution in [1.29, 1.82) is 0 Å². The zero-order chi connectivity index (χ0) is 23.9. The van der Waals surface area contributed by atoms with E-state index in [-0.39, 0.29) is 6.03 Å². The molecule has 0 radical (unpaired) electrons. The Balaban J connectivity index is 1.36. The van der Waals surface area contributed by atoms with Crippen molar-refractivity contribution in [2.45, 2.75) is 26.4 Å². The van der Waals surface area contributed by atoms with Crippen LogP contribution >= 0.6 is 0 Å². The van der Waals surface area contributed by atoms with Crippen LogP contribution in [0, 0.1) is 6.92 Å². The number of amides is 2. The molecule has 1 aliphatic rings. The van der Waals surface area contributed by atoms with Crippen LogP contribution in [0.1, 0.15) is 25.0 Å². The molecule has 7 nitrogen and oxygen atoms in total. The molecular formula is C27H26N4O3. The summed E-state index contributed by atoms with van der Waals surface area (Å²) >= 11 is 0. The van der Waals surface area contributed by atoms with Crippen LogP contribution in [0.25, 0.3) is 28.5 Å². The Morgan fingerprint density at radius 2 is 1.91 bits per heavy atom. The summed E-state index contributed by atoms with van der Waals surface area (Å²) in [4.78, 5) is 20.8. The van der Waals surface area contributed by atoms with Crippen molar-refractivity contribution in [2.24, 2.45) is 0 Å². The smallest absolute Gasteiger partial charge is 0.323 e. The molecule has 0 unspecified atom stereocenters. The topological polar surface area (TPSA) is 88.3 Å². The molecule has 3 N–H and O–H groups in total. The van der Waals surface area contributed by atoms with Crippen molar-refractivity contribution in [2.75, 3.05) is 17.7 Å². The van der Waals surface area contributed by atoms with Gasteiger partial charge in [0.2, 0.25) is 0 Å². The molecule has 3 aromatic carbocycles. The number of aryl methyl sites for hydroxylation is 1. The van der Waals surface area contributed by atoms with Gasteiger partial charge in [0.1, 0.15) is 17.2 Å². The quantitative estimate of drug-likeness (QED) is 0.334. The minimum absolute atomic E-state index is 0.381. The fraction of sp³-hybridized carbons (Fsp3) is 0.185. The molecule has 0 fully saturated rings. The van der Waals surface area contributed by atoms with E-state index in [0.717, 1.165) is 33.5 Å². The van der Waals surface area contributed by atoms with Gasteiger partial charge >= 0.3 is 6.03 Å². The maximum Gasteiger partial charge on any atom is 0.323 e. The maximum atomic E-state index is 12.8. The molecular weight excluding hydrogens is 428 g/mol. The van der Waals surface area contributed by atoms with Crippen molar-refractivity contribution in [1.82, 2.24) is 9.97 Å². The lowest BCUT2D eigenvalue weighted by molar-refractivity contribution is 0.158. The number of ether oxygens (including phenoxy) is 2. The van der Waals surface area contributed by atoms with Gasteiger partial charge < -0.3 is 25.1 Å². The minimum Gasteiger partial charge on any atom is -0.494 e. The Kier molecular flexibility index (Phi) is 5.24. The summed E-state index contributed by atoms with van der Waals surface area (Å²) in [5, 5.41) is 5.75. The van der Waals surface area contributed by atoms with Gasteiger partial charge in [-0.3, -0.25) is 0 Å². The molecule has 1 aromatic heterocycles. The molecule has 0 saturated carbocycles. The lowest BCUT2D eigenvalue weighted by Crippen LogP contribution is -2.27. The SMILES string of the molecule is COc1c(NC(=O)Nc2ccc3[nH]c(-c4ccccc4C)nc3c2)ccc2c1C=CC(C)(C)O2. The summed E-state index contributed by atoms with van der Waals surface area (Å²) in [6.45, 7) is 6.02. The summed E-state index contributed by atoms with van der Waals surface area (Å²) in [5.74, 6) is 2.06. The average Bonchev–Trinajstić information content (AvgIpc) is 3.22. The van der Waals surface area contributed by atoms with Crippen LogP contribution in [0.4, 0.5) is 16.2 Å². The number of aromatic nitrogens is 2. The predicted molar refractivity (Wildman–Crippen MR) is 136 cm³/mol. The van der Waals surface area contributed by atoms with Gasteiger partial charge in [-0.2, -0.15) is 0 Å². The van der Waals surface area contributed by atoms with Crippen molar-refractivity contribution in [3.8, 4) is 22.9 Å². The van der Waals surface area contributed by atoms with Gasteiger partial charge in [0, 0.05) is 11.3 Å². The normalized spacial score (nSPS) is 13.8. The Labute approximate surface area is 197 Å². The number of urea groups is 1. The largest absolute Gasteiger partial charge is 0.494 e. The molecule has 2 heterocycles. The van der Waals surface area contributed by atoms with Crippen LogP contribution in [0.3, 0.4) is 0 Å². The highest BCUT2D eigenvalue weighted by Gasteiger charge is 2.25. The lowest BCUT2D eigenvalue weighted by Gasteiger charge is -2.29. The van der Waals surface area contributed by atoms with Crippen molar-refractivity contribution in [3.63, 3.8) is 0 Å². The fourth-order valence-electron chi connectivity index (χ4n) is 4.08. The average molecular weight is 455 g/mol. The van der Waals surface area contributed by atoms with E-state index in [0.29, 0.717) is 22.9 Å². The van der Waals surface area contributed by atoms with Crippen molar-refractivity contribution < 1.29 is 14.3 Å². The van der Waals surface area contributed by atoms with E-state index in [2.05, 4.69) is 28.6 Å². The summed E-state index contributed by atoms with van der Waals surface area (Å²) in [5.41, 5.74) is 5.44. The van der Waals surface area contributed by atoms with E-state index >= 15 is 0 Å². The number of carbonyl (C=O) groups is 1. The van der Waals surface area contributed by atoms with Crippen LogP contribution in [0.5, 0.6) is 11.5 Å². The Morgan fingerprint density at radius 1 is 1.09 bits per heavy atom. The number of anilines is 2. The molecule has 5 rings (SSSR count). The van der Waals surface area contributed by atoms with E-state index < -0.39 is 5.60 Å². The molecule has 1 aliphatic heterocycles. The second-order valence-corrected chi connectivity index (χ2v) is 8.81. The monoisotopic (exact) mass is 454 g/mol. The van der Waals surface area contributed by atoms with Crippen LogP contribution < -0.4 is 20.1 Å². The molecule has 172 valence electrons. The third kappa shape index (κ3) is 4.08. The van der Waals surface area contributed by atoms with Crippen LogP contribution in [-0.2, 0) is 0 Å². The summed E-state index contributed by atoms with van der Waals surface area (Å²) in [7, 11) is 1.57. The van der Waals surface area contributed by atoms with Crippen LogP contribution in [0.15, 0.2) is 60.7 Å². The highest BCUT2D eigenvalue weighted by Crippen LogP contribution is 2.41. The zero-order valence-electron chi connectivity index (χ0n) is 19.5. The molecule has 0 bridgehead atoms. The van der Waals surface area contributed by atoms with E-state index in [1.165, 1.54) is 0 Å². The number of rotatable bonds is 4. The Hall–Kier alpha value is -4.26. The highest BCUT2D eigenvalue weighted by molar-refractivity contribution is 6.02. The second kappa shape index (κ2) is 8.26. The molecule has 4 aromatic rings. The molecule has 0 saturated heterocycles. The summed E-state index contributed by atoms with van der Waals surface area (Å²) in [6, 6.07) is 16.9. The first-order valence-corrected chi connectivity index (χ1v) is 11.1. The van der Waals surface area contributed by atoms with Gasteiger partial charge in [-0.25, -0.2) is 9.78 Å². The minimum atomic E-state index is -0.395. The van der Waals surface area contributed by atoms with E-state index in [4.69, 9.17) is 14.5 Å².